The highest BCUT2D eigenvalue weighted by Crippen LogP contribution is 2.11. The summed E-state index contributed by atoms with van der Waals surface area (Å²) in [7, 11) is 0. The number of carbonyl (C=O) groups excluding carboxylic acids is 3. The Kier molecular flexibility index (Phi) is 5.58. The number of aromatic nitrogens is 1. The quantitative estimate of drug-likeness (QED) is 0.905. The van der Waals surface area contributed by atoms with Gasteiger partial charge in [0.15, 0.2) is 5.78 Å². The Hall–Kier alpha value is -3.22. The van der Waals surface area contributed by atoms with E-state index in [0.29, 0.717) is 13.0 Å². The first-order valence-electron chi connectivity index (χ1n) is 8.34. The zero-order valence-electron chi connectivity index (χ0n) is 14.1. The molecular formula is C19H19N3O4. The van der Waals surface area contributed by atoms with Crippen molar-refractivity contribution in [2.24, 2.45) is 0 Å². The van der Waals surface area contributed by atoms with Crippen LogP contribution in [0.3, 0.4) is 0 Å². The number of Topliss-reactive ketones (excluding diaryl/α,β-unsaturated/α-hetero) is 1. The molecular weight excluding hydrogens is 334 g/mol. The van der Waals surface area contributed by atoms with Crippen molar-refractivity contribution >= 4 is 17.8 Å². The first kappa shape index (κ1) is 17.6. The molecule has 1 fully saturated rings. The summed E-state index contributed by atoms with van der Waals surface area (Å²) in [5.74, 6) is -0.624. The fourth-order valence-corrected chi connectivity index (χ4v) is 2.67. The molecule has 7 heteroatoms. The lowest BCUT2D eigenvalue weighted by Gasteiger charge is -2.30. The van der Waals surface area contributed by atoms with Gasteiger partial charge in [-0.3, -0.25) is 14.6 Å². The number of ether oxygens (including phenoxy) is 1. The van der Waals surface area contributed by atoms with E-state index in [4.69, 9.17) is 4.74 Å². The van der Waals surface area contributed by atoms with E-state index in [-0.39, 0.29) is 24.6 Å². The molecule has 1 N–H and O–H groups in total. The van der Waals surface area contributed by atoms with Gasteiger partial charge >= 0.3 is 6.09 Å². The molecule has 3 rings (SSSR count). The molecule has 1 aliphatic heterocycles. The van der Waals surface area contributed by atoms with Crippen LogP contribution in [0.1, 0.15) is 22.5 Å². The number of piperidine rings is 1. The number of nitrogens with zero attached hydrogens (tertiary/aromatic N) is 2. The number of pyridine rings is 1. The average molecular weight is 353 g/mol. The number of nitrogens with one attached hydrogen (secondary N) is 1. The molecule has 0 saturated carbocycles. The molecule has 0 spiro atoms. The minimum Gasteiger partial charge on any atom is -0.445 e. The Bertz CT molecular complexity index is 780. The van der Waals surface area contributed by atoms with Gasteiger partial charge in [-0.25, -0.2) is 4.79 Å². The number of amides is 2. The number of carbonyl (C=O) groups is 3. The minimum absolute atomic E-state index is 0.0826. The van der Waals surface area contributed by atoms with Crippen molar-refractivity contribution in [1.29, 1.82) is 0 Å². The number of hydrogen-bond donors (Lipinski definition) is 1. The molecule has 1 aromatic carbocycles. The molecule has 0 aliphatic carbocycles. The van der Waals surface area contributed by atoms with Crippen molar-refractivity contribution in [3.8, 4) is 0 Å². The van der Waals surface area contributed by atoms with Crippen LogP contribution in [0.5, 0.6) is 0 Å². The topological polar surface area (TPSA) is 88.6 Å². The highest BCUT2D eigenvalue weighted by atomic mass is 16.6. The van der Waals surface area contributed by atoms with Crippen LogP contribution in [0, 0.1) is 0 Å². The van der Waals surface area contributed by atoms with Crippen LogP contribution in [-0.2, 0) is 16.1 Å². The van der Waals surface area contributed by atoms with E-state index in [0.717, 1.165) is 5.56 Å². The van der Waals surface area contributed by atoms with Crippen LogP contribution in [-0.4, -0.2) is 46.8 Å². The van der Waals surface area contributed by atoms with Crippen molar-refractivity contribution in [3.05, 3.63) is 66.0 Å². The lowest BCUT2D eigenvalue weighted by molar-refractivity contribution is -0.123. The predicted molar refractivity (Wildman–Crippen MR) is 93.3 cm³/mol. The summed E-state index contributed by atoms with van der Waals surface area (Å²) >= 11 is 0. The third-order valence-corrected chi connectivity index (χ3v) is 4.09. The van der Waals surface area contributed by atoms with Crippen LogP contribution >= 0.6 is 0 Å². The van der Waals surface area contributed by atoms with Crippen LogP contribution in [0.25, 0.3) is 0 Å². The van der Waals surface area contributed by atoms with E-state index in [9.17, 15) is 14.4 Å². The highest BCUT2D eigenvalue weighted by molar-refractivity contribution is 5.98. The number of benzene rings is 1. The normalized spacial score (nSPS) is 16.8. The molecule has 7 nitrogen and oxygen atoms in total. The molecule has 2 aromatic rings. The second-order valence-corrected chi connectivity index (χ2v) is 5.96. The summed E-state index contributed by atoms with van der Waals surface area (Å²) < 4.78 is 5.24. The fourth-order valence-electron chi connectivity index (χ4n) is 2.67. The Morgan fingerprint density at radius 2 is 1.92 bits per heavy atom. The molecule has 0 unspecified atom stereocenters. The summed E-state index contributed by atoms with van der Waals surface area (Å²) in [6.07, 6.45) is 1.33. The zero-order chi connectivity index (χ0) is 18.4. The summed E-state index contributed by atoms with van der Waals surface area (Å²) in [4.78, 5) is 41.8. The monoisotopic (exact) mass is 353 g/mol. The largest absolute Gasteiger partial charge is 0.445 e. The number of ketones is 1. The van der Waals surface area contributed by atoms with Gasteiger partial charge < -0.3 is 15.0 Å². The van der Waals surface area contributed by atoms with Crippen molar-refractivity contribution in [3.63, 3.8) is 0 Å². The second-order valence-electron chi connectivity index (χ2n) is 5.96. The number of hydrogen-bond acceptors (Lipinski definition) is 5. The third-order valence-electron chi connectivity index (χ3n) is 4.09. The molecule has 2 amide bonds. The number of rotatable bonds is 4. The maximum Gasteiger partial charge on any atom is 0.410 e. The SMILES string of the molecule is O=C(N[C@H]1CCN(C(=O)OCc2ccccc2)CC1=O)c1ccccn1. The van der Waals surface area contributed by atoms with E-state index in [1.165, 1.54) is 11.1 Å². The molecule has 1 atom stereocenters. The van der Waals surface area contributed by atoms with Gasteiger partial charge in [-0.1, -0.05) is 36.4 Å². The van der Waals surface area contributed by atoms with Crippen molar-refractivity contribution < 1.29 is 19.1 Å². The van der Waals surface area contributed by atoms with Gasteiger partial charge in [-0.05, 0) is 24.1 Å². The van der Waals surface area contributed by atoms with Crippen LogP contribution < -0.4 is 5.32 Å². The molecule has 2 heterocycles. The smallest absolute Gasteiger partial charge is 0.410 e. The van der Waals surface area contributed by atoms with Crippen molar-refractivity contribution in [2.45, 2.75) is 19.1 Å². The Morgan fingerprint density at radius 3 is 2.62 bits per heavy atom. The Labute approximate surface area is 151 Å². The van der Waals surface area contributed by atoms with Crippen LogP contribution in [0.4, 0.5) is 4.79 Å². The maximum absolute atomic E-state index is 12.3. The van der Waals surface area contributed by atoms with Gasteiger partial charge in [0.1, 0.15) is 12.3 Å². The molecule has 0 bridgehead atoms. The number of likely N-dealkylation sites (tertiary alicyclic amines) is 1. The highest BCUT2D eigenvalue weighted by Gasteiger charge is 2.31. The Morgan fingerprint density at radius 1 is 1.15 bits per heavy atom. The van der Waals surface area contributed by atoms with E-state index in [1.54, 1.807) is 18.2 Å². The zero-order valence-corrected chi connectivity index (χ0v) is 14.1. The van der Waals surface area contributed by atoms with Gasteiger partial charge in [0.25, 0.3) is 5.91 Å². The van der Waals surface area contributed by atoms with E-state index < -0.39 is 18.0 Å². The van der Waals surface area contributed by atoms with E-state index in [1.807, 2.05) is 30.3 Å². The first-order valence-corrected chi connectivity index (χ1v) is 8.34. The molecule has 1 saturated heterocycles. The van der Waals surface area contributed by atoms with E-state index >= 15 is 0 Å². The standard InChI is InChI=1S/C19H19N3O4/c23-17-12-22(19(25)26-13-14-6-2-1-3-7-14)11-9-15(17)21-18(24)16-8-4-5-10-20-16/h1-8,10,15H,9,11-13H2,(H,21,24)/t15-/m0/s1. The molecule has 26 heavy (non-hydrogen) atoms. The summed E-state index contributed by atoms with van der Waals surface area (Å²) in [6, 6.07) is 13.7. The van der Waals surface area contributed by atoms with Gasteiger partial charge in [0.05, 0.1) is 12.6 Å². The average Bonchev–Trinajstić information content (AvgIpc) is 2.69. The third kappa shape index (κ3) is 4.44. The van der Waals surface area contributed by atoms with Gasteiger partial charge in [0.2, 0.25) is 0 Å². The summed E-state index contributed by atoms with van der Waals surface area (Å²) in [5.41, 5.74) is 1.13. The molecule has 1 aromatic heterocycles. The Balaban J connectivity index is 1.49. The van der Waals surface area contributed by atoms with Crippen LogP contribution in [0.2, 0.25) is 0 Å². The molecule has 134 valence electrons. The summed E-state index contributed by atoms with van der Waals surface area (Å²) in [5, 5.41) is 2.67. The lowest BCUT2D eigenvalue weighted by Crippen LogP contribution is -2.53. The van der Waals surface area contributed by atoms with Crippen LogP contribution in [0.15, 0.2) is 54.7 Å². The molecule has 1 aliphatic rings. The van der Waals surface area contributed by atoms with Crippen molar-refractivity contribution in [1.82, 2.24) is 15.2 Å². The summed E-state index contributed by atoms with van der Waals surface area (Å²) in [6.45, 7) is 0.414. The van der Waals surface area contributed by atoms with Gasteiger partial charge in [-0.2, -0.15) is 0 Å². The van der Waals surface area contributed by atoms with Gasteiger partial charge in [-0.15, -0.1) is 0 Å². The second kappa shape index (κ2) is 8.24. The maximum atomic E-state index is 12.3. The van der Waals surface area contributed by atoms with Gasteiger partial charge in [0, 0.05) is 12.7 Å². The van der Waals surface area contributed by atoms with Crippen molar-refractivity contribution in [2.75, 3.05) is 13.1 Å². The van der Waals surface area contributed by atoms with E-state index in [2.05, 4.69) is 10.3 Å². The lowest BCUT2D eigenvalue weighted by atomic mass is 10.0. The molecule has 0 radical (unpaired) electrons. The predicted octanol–water partition coefficient (Wildman–Crippen LogP) is 1.79. The first-order chi connectivity index (χ1) is 12.6. The fraction of sp³-hybridized carbons (Fsp3) is 0.263. The minimum atomic E-state index is -0.623.